The number of esters is 1. The van der Waals surface area contributed by atoms with E-state index in [4.69, 9.17) is 21.7 Å². The Kier molecular flexibility index (Phi) is 8.11. The third-order valence-corrected chi connectivity index (χ3v) is 4.46. The number of benzene rings is 3. The van der Waals surface area contributed by atoms with Gasteiger partial charge in [0.1, 0.15) is 0 Å². The number of carbonyl (C=O) groups excluding carboxylic acids is 1. The van der Waals surface area contributed by atoms with Crippen molar-refractivity contribution in [3.8, 4) is 11.5 Å². The summed E-state index contributed by atoms with van der Waals surface area (Å²) < 4.78 is 10.7. The van der Waals surface area contributed by atoms with E-state index >= 15 is 0 Å². The molecule has 0 fully saturated rings. The molecule has 0 aromatic heterocycles. The summed E-state index contributed by atoms with van der Waals surface area (Å²) in [7, 11) is 1.51. The first-order valence-electron chi connectivity index (χ1n) is 9.83. The minimum Gasteiger partial charge on any atom is -0.493 e. The van der Waals surface area contributed by atoms with Crippen LogP contribution in [-0.2, 0) is 4.79 Å². The highest BCUT2D eigenvalue weighted by molar-refractivity contribution is 7.80. The fourth-order valence-electron chi connectivity index (χ4n) is 2.77. The molecular weight excluding hydrogens is 422 g/mol. The van der Waals surface area contributed by atoms with Gasteiger partial charge in [0.15, 0.2) is 16.6 Å². The molecule has 3 rings (SSSR count). The second kappa shape index (κ2) is 11.4. The molecule has 0 aliphatic heterocycles. The number of nitrogens with one attached hydrogen (secondary N) is 2. The first-order valence-corrected chi connectivity index (χ1v) is 10.2. The number of anilines is 1. The van der Waals surface area contributed by atoms with Gasteiger partial charge in [-0.3, -0.25) is 5.43 Å². The van der Waals surface area contributed by atoms with E-state index in [1.165, 1.54) is 13.2 Å². The molecular formula is C25H23N3O3S. The first kappa shape index (κ1) is 22.7. The standard InChI is InChI=1S/C25H23N3O3S/c1-18-7-6-10-21(15-18)27-25(32)28-26-17-20-11-13-22(23(16-20)30-2)31-24(29)14-12-19-8-4-3-5-9-19/h3-17H,1-2H3,(H2,27,28,32)/b14-12+,26-17-. The van der Waals surface area contributed by atoms with Gasteiger partial charge in [-0.2, -0.15) is 5.10 Å². The van der Waals surface area contributed by atoms with Crippen LogP contribution in [0.15, 0.2) is 84.0 Å². The van der Waals surface area contributed by atoms with Crippen LogP contribution in [0.1, 0.15) is 16.7 Å². The monoisotopic (exact) mass is 445 g/mol. The molecule has 0 heterocycles. The molecule has 0 spiro atoms. The lowest BCUT2D eigenvalue weighted by Crippen LogP contribution is -2.23. The minimum atomic E-state index is -0.497. The van der Waals surface area contributed by atoms with Crippen molar-refractivity contribution in [2.24, 2.45) is 5.10 Å². The summed E-state index contributed by atoms with van der Waals surface area (Å²) in [5, 5.41) is 7.57. The number of rotatable bonds is 7. The summed E-state index contributed by atoms with van der Waals surface area (Å²) >= 11 is 5.25. The quantitative estimate of drug-likeness (QED) is 0.134. The minimum absolute atomic E-state index is 0.317. The molecule has 0 aliphatic carbocycles. The molecule has 0 unspecified atom stereocenters. The van der Waals surface area contributed by atoms with E-state index in [1.807, 2.05) is 61.5 Å². The van der Waals surface area contributed by atoms with Crippen molar-refractivity contribution < 1.29 is 14.3 Å². The number of ether oxygens (including phenoxy) is 2. The highest BCUT2D eigenvalue weighted by Gasteiger charge is 2.08. The fourth-order valence-corrected chi connectivity index (χ4v) is 2.94. The molecule has 3 aromatic carbocycles. The largest absolute Gasteiger partial charge is 0.493 e. The lowest BCUT2D eigenvalue weighted by Gasteiger charge is -2.09. The maximum absolute atomic E-state index is 12.1. The van der Waals surface area contributed by atoms with E-state index in [2.05, 4.69) is 15.8 Å². The highest BCUT2D eigenvalue weighted by atomic mass is 32.1. The smallest absolute Gasteiger partial charge is 0.336 e. The number of thiocarbonyl (C=S) groups is 1. The van der Waals surface area contributed by atoms with Crippen LogP contribution in [-0.4, -0.2) is 24.4 Å². The van der Waals surface area contributed by atoms with Crippen LogP contribution in [0.25, 0.3) is 6.08 Å². The van der Waals surface area contributed by atoms with Crippen molar-refractivity contribution in [2.75, 3.05) is 12.4 Å². The molecule has 32 heavy (non-hydrogen) atoms. The van der Waals surface area contributed by atoms with Crippen molar-refractivity contribution in [2.45, 2.75) is 6.92 Å². The van der Waals surface area contributed by atoms with E-state index in [0.29, 0.717) is 16.6 Å². The molecule has 2 N–H and O–H groups in total. The van der Waals surface area contributed by atoms with E-state index in [1.54, 1.807) is 30.5 Å². The summed E-state index contributed by atoms with van der Waals surface area (Å²) in [6.07, 6.45) is 4.65. The van der Waals surface area contributed by atoms with Crippen molar-refractivity contribution in [1.82, 2.24) is 5.43 Å². The van der Waals surface area contributed by atoms with E-state index in [9.17, 15) is 4.79 Å². The highest BCUT2D eigenvalue weighted by Crippen LogP contribution is 2.27. The molecule has 0 saturated carbocycles. The predicted molar refractivity (Wildman–Crippen MR) is 132 cm³/mol. The molecule has 0 bridgehead atoms. The molecule has 3 aromatic rings. The predicted octanol–water partition coefficient (Wildman–Crippen LogP) is 4.94. The van der Waals surface area contributed by atoms with Gasteiger partial charge in [0.25, 0.3) is 0 Å². The van der Waals surface area contributed by atoms with Gasteiger partial charge in [-0.1, -0.05) is 42.5 Å². The molecule has 0 aliphatic rings. The zero-order valence-corrected chi connectivity index (χ0v) is 18.6. The Bertz CT molecular complexity index is 1140. The van der Waals surface area contributed by atoms with Crippen molar-refractivity contribution >= 4 is 41.3 Å². The Balaban J connectivity index is 1.57. The summed E-state index contributed by atoms with van der Waals surface area (Å²) in [6.45, 7) is 2.01. The normalized spacial score (nSPS) is 10.8. The van der Waals surface area contributed by atoms with Crippen LogP contribution in [0, 0.1) is 6.92 Å². The van der Waals surface area contributed by atoms with Gasteiger partial charge in [0.2, 0.25) is 0 Å². The van der Waals surface area contributed by atoms with E-state index in [0.717, 1.165) is 22.4 Å². The summed E-state index contributed by atoms with van der Waals surface area (Å²) in [5.41, 5.74) is 6.43. The lowest BCUT2D eigenvalue weighted by atomic mass is 10.2. The summed E-state index contributed by atoms with van der Waals surface area (Å²) in [6, 6.07) is 22.5. The van der Waals surface area contributed by atoms with Crippen LogP contribution >= 0.6 is 12.2 Å². The van der Waals surface area contributed by atoms with E-state index in [-0.39, 0.29) is 0 Å². The SMILES string of the molecule is COc1cc(/C=N\NC(=S)Nc2cccc(C)c2)ccc1OC(=O)/C=C/c1ccccc1. The fraction of sp³-hybridized carbons (Fsp3) is 0.0800. The van der Waals surface area contributed by atoms with Crippen molar-refractivity contribution in [3.05, 3.63) is 95.6 Å². The molecule has 162 valence electrons. The topological polar surface area (TPSA) is 71.9 Å². The number of aryl methyl sites for hydroxylation is 1. The summed E-state index contributed by atoms with van der Waals surface area (Å²) in [5.74, 6) is 0.232. The van der Waals surface area contributed by atoms with E-state index < -0.39 is 5.97 Å². The molecule has 0 amide bonds. The number of hydrogen-bond donors (Lipinski definition) is 2. The maximum Gasteiger partial charge on any atom is 0.336 e. The van der Waals surface area contributed by atoms with Gasteiger partial charge in [-0.25, -0.2) is 4.79 Å². The van der Waals surface area contributed by atoms with Gasteiger partial charge >= 0.3 is 5.97 Å². The first-order chi connectivity index (χ1) is 15.5. The Morgan fingerprint density at radius 2 is 1.78 bits per heavy atom. The zero-order valence-electron chi connectivity index (χ0n) is 17.7. The molecule has 6 nitrogen and oxygen atoms in total. The van der Waals surface area contributed by atoms with Gasteiger partial charge in [-0.15, -0.1) is 0 Å². The summed E-state index contributed by atoms with van der Waals surface area (Å²) in [4.78, 5) is 12.1. The lowest BCUT2D eigenvalue weighted by molar-refractivity contribution is -0.129. The maximum atomic E-state index is 12.1. The van der Waals surface area contributed by atoms with Gasteiger partial charge in [-0.05, 0) is 72.2 Å². The number of methoxy groups -OCH3 is 1. The Morgan fingerprint density at radius 1 is 0.969 bits per heavy atom. The van der Waals surface area contributed by atoms with Crippen LogP contribution < -0.4 is 20.2 Å². The number of hydrogen-bond acceptors (Lipinski definition) is 5. The second-order valence-corrected chi connectivity index (χ2v) is 7.18. The van der Waals surface area contributed by atoms with Crippen LogP contribution in [0.4, 0.5) is 5.69 Å². The van der Waals surface area contributed by atoms with Crippen molar-refractivity contribution in [1.29, 1.82) is 0 Å². The van der Waals surface area contributed by atoms with Crippen LogP contribution in [0.5, 0.6) is 11.5 Å². The Hall–Kier alpha value is -3.97. The average molecular weight is 446 g/mol. The molecule has 0 atom stereocenters. The Labute approximate surface area is 192 Å². The second-order valence-electron chi connectivity index (χ2n) is 6.77. The van der Waals surface area contributed by atoms with Gasteiger partial charge in [0, 0.05) is 11.8 Å². The van der Waals surface area contributed by atoms with Crippen LogP contribution in [0.2, 0.25) is 0 Å². The molecule has 0 saturated heterocycles. The zero-order chi connectivity index (χ0) is 22.8. The van der Waals surface area contributed by atoms with Crippen molar-refractivity contribution in [3.63, 3.8) is 0 Å². The third kappa shape index (κ3) is 7.07. The van der Waals surface area contributed by atoms with Gasteiger partial charge in [0.05, 0.1) is 13.3 Å². The number of carbonyl (C=O) groups is 1. The average Bonchev–Trinajstić information content (AvgIpc) is 2.79. The van der Waals surface area contributed by atoms with Crippen LogP contribution in [0.3, 0.4) is 0 Å². The number of nitrogens with zero attached hydrogens (tertiary/aromatic N) is 1. The number of hydrazone groups is 1. The van der Waals surface area contributed by atoms with Gasteiger partial charge < -0.3 is 14.8 Å². The Morgan fingerprint density at radius 3 is 2.53 bits per heavy atom. The molecule has 0 radical (unpaired) electrons. The third-order valence-electron chi connectivity index (χ3n) is 4.27. The molecule has 7 heteroatoms.